The van der Waals surface area contributed by atoms with Crippen molar-refractivity contribution in [2.24, 2.45) is 5.92 Å². The lowest BCUT2D eigenvalue weighted by Crippen LogP contribution is -2.27. The number of carbonyl (C=O) groups is 1. The van der Waals surface area contributed by atoms with E-state index in [1.54, 1.807) is 12.3 Å². The summed E-state index contributed by atoms with van der Waals surface area (Å²) in [6.45, 7) is 2.70. The van der Waals surface area contributed by atoms with E-state index in [4.69, 9.17) is 10.1 Å². The lowest BCUT2D eigenvalue weighted by Gasteiger charge is -2.24. The van der Waals surface area contributed by atoms with E-state index in [0.29, 0.717) is 28.2 Å². The number of amides is 1. The second kappa shape index (κ2) is 11.2. The fourth-order valence-corrected chi connectivity index (χ4v) is 7.10. The molecule has 3 heterocycles. The molecule has 1 aliphatic carbocycles. The molecule has 1 saturated heterocycles. The first-order valence-electron chi connectivity index (χ1n) is 13.3. The number of carbonyl (C=O) groups excluding carboxylic acids is 1. The van der Waals surface area contributed by atoms with Crippen LogP contribution in [0.2, 0.25) is 0 Å². The molecule has 2 aliphatic rings. The standard InChI is InChI=1S/C29H30FN5O2S2/c1-18-13-20(5-8-24(18)29(36)33-22-6-7-22)26-17-32-28-25(31-16-19-9-11-39(37)12-10-19)15-27(34-35(26)28)38-23-4-2-3-21(30)14-23/h2-5,8,13-15,17,19,22,31H,6-7,9-12,16H2,1H3,(H,33,36). The summed E-state index contributed by atoms with van der Waals surface area (Å²) >= 11 is 0.690. The van der Waals surface area contributed by atoms with E-state index in [0.717, 1.165) is 71.1 Å². The van der Waals surface area contributed by atoms with Crippen molar-refractivity contribution in [3.8, 4) is 11.3 Å². The SMILES string of the molecule is Cc1cc(-c2cnc3c(NCC4CC[S+]([O-])CC4)cc(Sc4cccc(F)c4)nn23)ccc1C(=O)NC1CC1. The molecular weight excluding hydrogens is 533 g/mol. The molecule has 2 fully saturated rings. The second-order valence-corrected chi connectivity index (χ2v) is 13.1. The Morgan fingerprint density at radius 1 is 1.15 bits per heavy atom. The van der Waals surface area contributed by atoms with Crippen LogP contribution in [0.4, 0.5) is 10.1 Å². The van der Waals surface area contributed by atoms with Gasteiger partial charge in [-0.05, 0) is 80.5 Å². The normalized spacial score (nSPS) is 19.3. The Hall–Kier alpha value is -3.08. The number of benzene rings is 2. The molecule has 0 spiro atoms. The van der Waals surface area contributed by atoms with Crippen molar-refractivity contribution >= 4 is 40.2 Å². The van der Waals surface area contributed by atoms with E-state index in [2.05, 4.69) is 10.6 Å². The van der Waals surface area contributed by atoms with Gasteiger partial charge in [-0.2, -0.15) is 5.10 Å². The Kier molecular flexibility index (Phi) is 7.51. The highest BCUT2D eigenvalue weighted by Crippen LogP contribution is 2.33. The Morgan fingerprint density at radius 3 is 2.72 bits per heavy atom. The third-order valence-electron chi connectivity index (χ3n) is 7.23. The number of fused-ring (bicyclic) bond motifs is 1. The molecule has 0 radical (unpaired) electrons. The fraction of sp³-hybridized carbons (Fsp3) is 0.345. The molecule has 4 aromatic rings. The number of aromatic nitrogens is 3. The van der Waals surface area contributed by atoms with Crippen molar-refractivity contribution in [3.63, 3.8) is 0 Å². The lowest BCUT2D eigenvalue weighted by atomic mass is 10.0. The number of halogens is 1. The van der Waals surface area contributed by atoms with E-state index < -0.39 is 11.2 Å². The molecule has 39 heavy (non-hydrogen) atoms. The summed E-state index contributed by atoms with van der Waals surface area (Å²) in [4.78, 5) is 18.1. The quantitative estimate of drug-likeness (QED) is 0.277. The average molecular weight is 564 g/mol. The van der Waals surface area contributed by atoms with Gasteiger partial charge in [-0.15, -0.1) is 0 Å². The van der Waals surface area contributed by atoms with Crippen LogP contribution in [0.25, 0.3) is 16.9 Å². The number of nitrogens with zero attached hydrogens (tertiary/aromatic N) is 3. The van der Waals surface area contributed by atoms with Crippen molar-refractivity contribution in [2.45, 2.75) is 48.6 Å². The van der Waals surface area contributed by atoms with E-state index in [1.165, 1.54) is 23.9 Å². The third kappa shape index (κ3) is 6.08. The summed E-state index contributed by atoms with van der Waals surface area (Å²) in [5, 5.41) is 12.2. The van der Waals surface area contributed by atoms with Gasteiger partial charge >= 0.3 is 0 Å². The summed E-state index contributed by atoms with van der Waals surface area (Å²) < 4.78 is 27.5. The molecule has 2 aromatic heterocycles. The molecule has 2 N–H and O–H groups in total. The Balaban J connectivity index is 1.33. The molecule has 0 bridgehead atoms. The van der Waals surface area contributed by atoms with Gasteiger partial charge in [0.05, 0.1) is 17.6 Å². The van der Waals surface area contributed by atoms with Crippen molar-refractivity contribution in [3.05, 3.63) is 71.7 Å². The zero-order valence-corrected chi connectivity index (χ0v) is 23.3. The molecule has 7 nitrogen and oxygen atoms in total. The van der Waals surface area contributed by atoms with Gasteiger partial charge in [-0.1, -0.05) is 35.1 Å². The van der Waals surface area contributed by atoms with Gasteiger partial charge in [0.25, 0.3) is 5.91 Å². The van der Waals surface area contributed by atoms with Crippen LogP contribution in [0, 0.1) is 18.7 Å². The van der Waals surface area contributed by atoms with Crippen molar-refractivity contribution < 1.29 is 13.7 Å². The minimum absolute atomic E-state index is 0.0374. The number of imidazole rings is 1. The van der Waals surface area contributed by atoms with Gasteiger partial charge in [0, 0.05) is 28.6 Å². The molecule has 2 aromatic carbocycles. The van der Waals surface area contributed by atoms with Gasteiger partial charge in [-0.3, -0.25) is 4.79 Å². The molecule has 10 heteroatoms. The zero-order valence-electron chi connectivity index (χ0n) is 21.7. The number of hydrogen-bond acceptors (Lipinski definition) is 6. The van der Waals surface area contributed by atoms with Crippen LogP contribution >= 0.6 is 11.8 Å². The first-order valence-corrected chi connectivity index (χ1v) is 15.6. The van der Waals surface area contributed by atoms with Gasteiger partial charge in [0.2, 0.25) is 0 Å². The Labute approximate surface area is 234 Å². The molecule has 6 rings (SSSR count). The first-order chi connectivity index (χ1) is 18.9. The molecule has 202 valence electrons. The summed E-state index contributed by atoms with van der Waals surface area (Å²) in [5.41, 5.74) is 4.81. The molecule has 1 amide bonds. The Morgan fingerprint density at radius 2 is 1.97 bits per heavy atom. The highest BCUT2D eigenvalue weighted by molar-refractivity contribution is 7.99. The van der Waals surface area contributed by atoms with Gasteiger partial charge in [-0.25, -0.2) is 13.9 Å². The number of aryl methyl sites for hydroxylation is 1. The van der Waals surface area contributed by atoms with E-state index >= 15 is 0 Å². The summed E-state index contributed by atoms with van der Waals surface area (Å²) in [5.74, 6) is 1.62. The Bertz CT molecular complexity index is 1520. The second-order valence-electron chi connectivity index (χ2n) is 10.3. The maximum atomic E-state index is 13.9. The predicted octanol–water partition coefficient (Wildman–Crippen LogP) is 5.46. The maximum absolute atomic E-state index is 13.9. The van der Waals surface area contributed by atoms with Crippen LogP contribution in [-0.4, -0.2) is 49.2 Å². The van der Waals surface area contributed by atoms with Gasteiger partial charge in [0.1, 0.15) is 22.3 Å². The summed E-state index contributed by atoms with van der Waals surface area (Å²) in [7, 11) is 0. The van der Waals surface area contributed by atoms with E-state index in [9.17, 15) is 13.7 Å². The fourth-order valence-electron chi connectivity index (χ4n) is 4.84. The van der Waals surface area contributed by atoms with Crippen molar-refractivity contribution in [1.29, 1.82) is 0 Å². The van der Waals surface area contributed by atoms with E-state index in [-0.39, 0.29) is 11.7 Å². The number of rotatable bonds is 8. The largest absolute Gasteiger partial charge is 0.616 e. The molecule has 0 atom stereocenters. The van der Waals surface area contributed by atoms with Crippen LogP contribution in [0.1, 0.15) is 41.6 Å². The number of nitrogens with one attached hydrogen (secondary N) is 2. The summed E-state index contributed by atoms with van der Waals surface area (Å²) in [6.07, 6.45) is 5.76. The minimum Gasteiger partial charge on any atom is -0.616 e. The average Bonchev–Trinajstić information content (AvgIpc) is 3.63. The zero-order chi connectivity index (χ0) is 26.9. The van der Waals surface area contributed by atoms with Crippen LogP contribution in [-0.2, 0) is 11.2 Å². The smallest absolute Gasteiger partial charge is 0.251 e. The first kappa shape index (κ1) is 26.2. The monoisotopic (exact) mass is 563 g/mol. The highest BCUT2D eigenvalue weighted by Gasteiger charge is 2.25. The highest BCUT2D eigenvalue weighted by atomic mass is 32.2. The molecule has 1 saturated carbocycles. The number of anilines is 1. The topological polar surface area (TPSA) is 94.4 Å². The molecule has 0 unspecified atom stereocenters. The van der Waals surface area contributed by atoms with Gasteiger partial charge < -0.3 is 15.2 Å². The maximum Gasteiger partial charge on any atom is 0.251 e. The number of hydrogen-bond donors (Lipinski definition) is 2. The van der Waals surface area contributed by atoms with Crippen LogP contribution in [0.5, 0.6) is 0 Å². The predicted molar refractivity (Wildman–Crippen MR) is 153 cm³/mol. The summed E-state index contributed by atoms with van der Waals surface area (Å²) in [6, 6.07) is 14.5. The van der Waals surface area contributed by atoms with E-state index in [1.807, 2.05) is 41.8 Å². The van der Waals surface area contributed by atoms with Crippen molar-refractivity contribution in [2.75, 3.05) is 23.4 Å². The van der Waals surface area contributed by atoms with Crippen LogP contribution in [0.15, 0.2) is 64.6 Å². The molecular formula is C29H30FN5O2S2. The lowest BCUT2D eigenvalue weighted by molar-refractivity contribution is 0.0950. The molecule has 1 aliphatic heterocycles. The van der Waals surface area contributed by atoms with Crippen LogP contribution < -0.4 is 10.6 Å². The van der Waals surface area contributed by atoms with Crippen LogP contribution in [0.3, 0.4) is 0 Å². The van der Waals surface area contributed by atoms with Crippen molar-refractivity contribution in [1.82, 2.24) is 19.9 Å². The minimum atomic E-state index is -0.698. The third-order valence-corrected chi connectivity index (χ3v) is 9.51. The van der Waals surface area contributed by atoms with Gasteiger partial charge in [0.15, 0.2) is 5.65 Å².